The molecule has 3 atom stereocenters. The summed E-state index contributed by atoms with van der Waals surface area (Å²) < 4.78 is 4.78. The second-order valence-electron chi connectivity index (χ2n) is 6.71. The van der Waals surface area contributed by atoms with Gasteiger partial charge in [-0.2, -0.15) is 0 Å². The average Bonchev–Trinajstić information content (AvgIpc) is 2.19. The van der Waals surface area contributed by atoms with Crippen LogP contribution in [0.2, 0.25) is 0 Å². The Hall–Kier alpha value is 0.565. The molecule has 3 unspecified atom stereocenters. The standard InChI is InChI=1S/C12H21BCl2O2/c1-11(2)7-5-8(11)12(3,4)9(6-7)17-13(16)10(14)15/h7-10,16H,5-6H2,1-4H3. The van der Waals surface area contributed by atoms with Crippen LogP contribution in [0.25, 0.3) is 0 Å². The van der Waals surface area contributed by atoms with Crippen molar-refractivity contribution in [2.75, 3.05) is 0 Å². The predicted octanol–water partition coefficient (Wildman–Crippen LogP) is 3.29. The molecule has 0 aliphatic heterocycles. The molecule has 17 heavy (non-hydrogen) atoms. The molecular weight excluding hydrogens is 258 g/mol. The van der Waals surface area contributed by atoms with Gasteiger partial charge in [-0.25, -0.2) is 0 Å². The van der Waals surface area contributed by atoms with Crippen LogP contribution in [0.4, 0.5) is 0 Å². The Morgan fingerprint density at radius 3 is 2.18 bits per heavy atom. The van der Waals surface area contributed by atoms with E-state index in [-0.39, 0.29) is 11.5 Å². The lowest BCUT2D eigenvalue weighted by Gasteiger charge is -2.66. The molecule has 2 nitrogen and oxygen atoms in total. The third-order valence-corrected chi connectivity index (χ3v) is 5.65. The molecule has 0 spiro atoms. The fourth-order valence-electron chi connectivity index (χ4n) is 3.92. The van der Waals surface area contributed by atoms with E-state index < -0.39 is 11.9 Å². The summed E-state index contributed by atoms with van der Waals surface area (Å²) in [6, 6.07) is 0. The Labute approximate surface area is 114 Å². The van der Waals surface area contributed by atoms with E-state index in [1.807, 2.05) is 0 Å². The molecule has 0 saturated heterocycles. The zero-order chi connectivity index (χ0) is 13.0. The molecule has 0 aromatic rings. The minimum absolute atomic E-state index is 0.0503. The van der Waals surface area contributed by atoms with Gasteiger partial charge in [-0.3, -0.25) is 0 Å². The minimum atomic E-state index is -1.08. The van der Waals surface area contributed by atoms with E-state index in [9.17, 15) is 5.02 Å². The second kappa shape index (κ2) is 4.30. The van der Waals surface area contributed by atoms with Crippen molar-refractivity contribution < 1.29 is 9.68 Å². The Balaban J connectivity index is 2.07. The van der Waals surface area contributed by atoms with Crippen molar-refractivity contribution in [1.82, 2.24) is 0 Å². The number of hydrogen-bond donors (Lipinski definition) is 1. The van der Waals surface area contributed by atoms with Crippen molar-refractivity contribution >= 4 is 30.3 Å². The van der Waals surface area contributed by atoms with Crippen LogP contribution in [0.3, 0.4) is 0 Å². The zero-order valence-corrected chi connectivity index (χ0v) is 12.4. The maximum absolute atomic E-state index is 9.66. The van der Waals surface area contributed by atoms with Crippen LogP contribution >= 0.6 is 23.2 Å². The average molecular weight is 279 g/mol. The molecule has 3 saturated carbocycles. The molecule has 0 radical (unpaired) electrons. The van der Waals surface area contributed by atoms with E-state index in [1.54, 1.807) is 0 Å². The molecule has 3 fully saturated rings. The molecular formula is C12H21BCl2O2. The number of rotatable bonds is 3. The van der Waals surface area contributed by atoms with Gasteiger partial charge in [0.2, 0.25) is 0 Å². The summed E-state index contributed by atoms with van der Waals surface area (Å²) in [5.74, 6) is 1.34. The van der Waals surface area contributed by atoms with Gasteiger partial charge in [-0.1, -0.05) is 27.7 Å². The Morgan fingerprint density at radius 2 is 1.76 bits per heavy atom. The maximum atomic E-state index is 9.66. The first-order valence-corrected chi connectivity index (χ1v) is 7.16. The van der Waals surface area contributed by atoms with Gasteiger partial charge in [0.1, 0.15) is 4.74 Å². The number of fused-ring (bicyclic) bond motifs is 2. The summed E-state index contributed by atoms with van der Waals surface area (Å²) in [7, 11) is -1.08. The molecule has 0 aromatic carbocycles. The van der Waals surface area contributed by atoms with E-state index >= 15 is 0 Å². The van der Waals surface area contributed by atoms with E-state index in [2.05, 4.69) is 27.7 Å². The van der Waals surface area contributed by atoms with Crippen LogP contribution in [-0.2, 0) is 4.65 Å². The van der Waals surface area contributed by atoms with Crippen molar-refractivity contribution in [1.29, 1.82) is 0 Å². The molecule has 0 aromatic heterocycles. The van der Waals surface area contributed by atoms with Gasteiger partial charge in [-0.15, -0.1) is 23.2 Å². The Morgan fingerprint density at radius 1 is 1.18 bits per heavy atom. The lowest BCUT2D eigenvalue weighted by molar-refractivity contribution is -0.196. The highest BCUT2D eigenvalue weighted by Gasteiger charge is 2.61. The van der Waals surface area contributed by atoms with E-state index in [0.717, 1.165) is 6.42 Å². The van der Waals surface area contributed by atoms with Crippen molar-refractivity contribution in [3.05, 3.63) is 0 Å². The van der Waals surface area contributed by atoms with E-state index in [0.29, 0.717) is 17.3 Å². The molecule has 2 bridgehead atoms. The highest BCUT2D eigenvalue weighted by atomic mass is 35.5. The van der Waals surface area contributed by atoms with E-state index in [1.165, 1.54) is 6.42 Å². The quantitative estimate of drug-likeness (QED) is 0.634. The van der Waals surface area contributed by atoms with Gasteiger partial charge in [-0.05, 0) is 35.5 Å². The molecule has 5 heteroatoms. The summed E-state index contributed by atoms with van der Waals surface area (Å²) in [5.41, 5.74) is 0.470. The summed E-state index contributed by atoms with van der Waals surface area (Å²) in [6.45, 7) is 9.13. The highest BCUT2D eigenvalue weighted by Crippen LogP contribution is 2.66. The second-order valence-corrected chi connectivity index (χ2v) is 7.88. The van der Waals surface area contributed by atoms with Gasteiger partial charge in [0.15, 0.2) is 0 Å². The molecule has 3 aliphatic carbocycles. The van der Waals surface area contributed by atoms with Crippen LogP contribution in [0.15, 0.2) is 0 Å². The molecule has 1 N–H and O–H groups in total. The van der Waals surface area contributed by atoms with Crippen LogP contribution in [0.1, 0.15) is 40.5 Å². The van der Waals surface area contributed by atoms with Gasteiger partial charge < -0.3 is 9.68 Å². The fraction of sp³-hybridized carbons (Fsp3) is 1.00. The van der Waals surface area contributed by atoms with E-state index in [4.69, 9.17) is 27.9 Å². The Kier molecular flexibility index (Phi) is 3.53. The highest BCUT2D eigenvalue weighted by molar-refractivity contribution is 6.72. The largest absolute Gasteiger partial charge is 0.489 e. The monoisotopic (exact) mass is 278 g/mol. The topological polar surface area (TPSA) is 29.5 Å². The van der Waals surface area contributed by atoms with Crippen LogP contribution in [0.5, 0.6) is 0 Å². The van der Waals surface area contributed by atoms with Gasteiger partial charge in [0.05, 0.1) is 0 Å². The minimum Gasteiger partial charge on any atom is -0.425 e. The number of alkyl halides is 2. The van der Waals surface area contributed by atoms with Crippen molar-refractivity contribution in [2.45, 2.75) is 51.4 Å². The van der Waals surface area contributed by atoms with Crippen molar-refractivity contribution in [3.63, 3.8) is 0 Å². The summed E-state index contributed by atoms with van der Waals surface area (Å²) >= 11 is 11.3. The third-order valence-electron chi connectivity index (χ3n) is 5.22. The number of halogens is 2. The van der Waals surface area contributed by atoms with Crippen molar-refractivity contribution in [3.8, 4) is 0 Å². The van der Waals surface area contributed by atoms with Gasteiger partial charge >= 0.3 is 7.12 Å². The Bertz CT molecular complexity index is 305. The normalized spacial score (nSPS) is 37.8. The lowest BCUT2D eigenvalue weighted by Crippen LogP contribution is -2.63. The first-order chi connectivity index (χ1) is 7.67. The summed E-state index contributed by atoms with van der Waals surface area (Å²) in [4.78, 5) is 0. The van der Waals surface area contributed by atoms with Crippen molar-refractivity contribution in [2.24, 2.45) is 22.7 Å². The number of hydrogen-bond acceptors (Lipinski definition) is 2. The molecule has 0 heterocycles. The zero-order valence-electron chi connectivity index (χ0n) is 10.9. The lowest BCUT2D eigenvalue weighted by atomic mass is 9.40. The molecule has 98 valence electrons. The van der Waals surface area contributed by atoms with Crippen LogP contribution < -0.4 is 0 Å². The van der Waals surface area contributed by atoms with Gasteiger partial charge in [0, 0.05) is 6.10 Å². The molecule has 3 aliphatic rings. The third kappa shape index (κ3) is 2.14. The smallest absolute Gasteiger partial charge is 0.425 e. The molecule has 3 rings (SSSR count). The SMILES string of the molecule is CC1(C)C2CC(OB(O)C(Cl)Cl)C(C)(C)C1C2. The van der Waals surface area contributed by atoms with Crippen LogP contribution in [-0.4, -0.2) is 23.0 Å². The fourth-order valence-corrected chi connectivity index (χ4v) is 4.04. The van der Waals surface area contributed by atoms with Gasteiger partial charge in [0.25, 0.3) is 0 Å². The summed E-state index contributed by atoms with van der Waals surface area (Å²) in [6.07, 6.45) is 2.32. The maximum Gasteiger partial charge on any atom is 0.489 e. The first-order valence-electron chi connectivity index (χ1n) is 6.29. The first kappa shape index (κ1) is 14.0. The predicted molar refractivity (Wildman–Crippen MR) is 72.1 cm³/mol. The molecule has 0 amide bonds. The summed E-state index contributed by atoms with van der Waals surface area (Å²) in [5, 5.41) is 9.66. The van der Waals surface area contributed by atoms with Crippen LogP contribution in [0, 0.1) is 22.7 Å².